The molecule has 1 atom stereocenters. The quantitative estimate of drug-likeness (QED) is 0.740. The molecule has 0 amide bonds. The first-order valence-corrected chi connectivity index (χ1v) is 5.33. The van der Waals surface area contributed by atoms with Crippen LogP contribution in [0.25, 0.3) is 0 Å². The number of benzene rings is 1. The summed E-state index contributed by atoms with van der Waals surface area (Å²) in [6.07, 6.45) is 0.972. The molecule has 2 rings (SSSR count). The van der Waals surface area contributed by atoms with Crippen molar-refractivity contribution in [3.8, 4) is 5.75 Å². The Balaban J connectivity index is 2.32. The highest BCUT2D eigenvalue weighted by Gasteiger charge is 2.15. The van der Waals surface area contributed by atoms with E-state index in [2.05, 4.69) is 12.1 Å². The molecule has 3 heteroatoms. The number of fused-ring (bicyclic) bond motifs is 1. The van der Waals surface area contributed by atoms with Crippen molar-refractivity contribution in [1.29, 1.82) is 0 Å². The standard InChI is InChI=1S/C10H13NOS/c1-12-9-2-3-10-7(5-9)4-8(11)6-13-10/h2-3,5,8H,4,6,11H2,1H3/t8-/m1/s1. The molecule has 1 aliphatic heterocycles. The van der Waals surface area contributed by atoms with Crippen LogP contribution in [0.3, 0.4) is 0 Å². The highest BCUT2D eigenvalue weighted by molar-refractivity contribution is 7.99. The minimum absolute atomic E-state index is 0.296. The van der Waals surface area contributed by atoms with Crippen LogP contribution in [0.5, 0.6) is 5.75 Å². The Labute approximate surface area is 82.5 Å². The molecule has 2 N–H and O–H groups in total. The largest absolute Gasteiger partial charge is 0.497 e. The van der Waals surface area contributed by atoms with E-state index >= 15 is 0 Å². The van der Waals surface area contributed by atoms with E-state index in [1.54, 1.807) is 7.11 Å². The van der Waals surface area contributed by atoms with Crippen molar-refractivity contribution in [2.75, 3.05) is 12.9 Å². The van der Waals surface area contributed by atoms with Crippen LogP contribution in [0.2, 0.25) is 0 Å². The molecule has 0 saturated heterocycles. The van der Waals surface area contributed by atoms with Crippen molar-refractivity contribution in [1.82, 2.24) is 0 Å². The van der Waals surface area contributed by atoms with Crippen LogP contribution < -0.4 is 10.5 Å². The molecule has 0 unspecified atom stereocenters. The average Bonchev–Trinajstić information content (AvgIpc) is 2.16. The van der Waals surface area contributed by atoms with Crippen molar-refractivity contribution in [3.05, 3.63) is 23.8 Å². The van der Waals surface area contributed by atoms with E-state index in [-0.39, 0.29) is 0 Å². The lowest BCUT2D eigenvalue weighted by atomic mass is 10.1. The van der Waals surface area contributed by atoms with Crippen molar-refractivity contribution in [2.24, 2.45) is 5.73 Å². The van der Waals surface area contributed by atoms with Crippen LogP contribution >= 0.6 is 11.8 Å². The van der Waals surface area contributed by atoms with Gasteiger partial charge in [-0.05, 0) is 30.2 Å². The highest BCUT2D eigenvalue weighted by atomic mass is 32.2. The number of hydrogen-bond acceptors (Lipinski definition) is 3. The summed E-state index contributed by atoms with van der Waals surface area (Å²) in [5.41, 5.74) is 7.20. The fraction of sp³-hybridized carbons (Fsp3) is 0.400. The van der Waals surface area contributed by atoms with Crippen LogP contribution in [-0.2, 0) is 6.42 Å². The number of ether oxygens (including phenoxy) is 1. The Kier molecular flexibility index (Phi) is 2.47. The summed E-state index contributed by atoms with van der Waals surface area (Å²) in [6.45, 7) is 0. The molecule has 0 aliphatic carbocycles. The number of methoxy groups -OCH3 is 1. The van der Waals surface area contributed by atoms with E-state index in [4.69, 9.17) is 10.5 Å². The first kappa shape index (κ1) is 8.91. The maximum absolute atomic E-state index is 5.88. The van der Waals surface area contributed by atoms with Gasteiger partial charge in [-0.25, -0.2) is 0 Å². The van der Waals surface area contributed by atoms with Gasteiger partial charge in [0.05, 0.1) is 7.11 Å². The van der Waals surface area contributed by atoms with E-state index in [1.807, 2.05) is 17.8 Å². The maximum Gasteiger partial charge on any atom is 0.119 e. The predicted molar refractivity (Wildman–Crippen MR) is 55.4 cm³/mol. The minimum Gasteiger partial charge on any atom is -0.497 e. The number of nitrogens with two attached hydrogens (primary N) is 1. The zero-order valence-corrected chi connectivity index (χ0v) is 8.43. The second-order valence-electron chi connectivity index (χ2n) is 3.25. The smallest absolute Gasteiger partial charge is 0.119 e. The zero-order valence-electron chi connectivity index (χ0n) is 7.62. The number of hydrogen-bond donors (Lipinski definition) is 1. The third-order valence-corrected chi connectivity index (χ3v) is 3.51. The molecule has 0 fully saturated rings. The molecule has 0 radical (unpaired) electrons. The minimum atomic E-state index is 0.296. The third kappa shape index (κ3) is 1.81. The number of rotatable bonds is 1. The molecule has 1 aliphatic rings. The lowest BCUT2D eigenvalue weighted by Gasteiger charge is -2.21. The summed E-state index contributed by atoms with van der Waals surface area (Å²) in [4.78, 5) is 1.35. The van der Waals surface area contributed by atoms with Crippen LogP contribution in [0.4, 0.5) is 0 Å². The summed E-state index contributed by atoms with van der Waals surface area (Å²) in [7, 11) is 1.69. The van der Waals surface area contributed by atoms with Gasteiger partial charge in [-0.2, -0.15) is 0 Å². The van der Waals surface area contributed by atoms with E-state index < -0.39 is 0 Å². The van der Waals surface area contributed by atoms with Crippen LogP contribution in [0, 0.1) is 0 Å². The van der Waals surface area contributed by atoms with Gasteiger partial charge in [-0.1, -0.05) is 0 Å². The molecule has 0 aromatic heterocycles. The van der Waals surface area contributed by atoms with E-state index in [1.165, 1.54) is 10.5 Å². The van der Waals surface area contributed by atoms with Crippen molar-refractivity contribution >= 4 is 11.8 Å². The molecule has 0 saturated carbocycles. The van der Waals surface area contributed by atoms with E-state index in [9.17, 15) is 0 Å². The molecule has 1 aromatic carbocycles. The zero-order chi connectivity index (χ0) is 9.26. The maximum atomic E-state index is 5.88. The molecule has 0 spiro atoms. The summed E-state index contributed by atoms with van der Waals surface area (Å²) in [5.74, 6) is 1.95. The molecule has 13 heavy (non-hydrogen) atoms. The van der Waals surface area contributed by atoms with Crippen molar-refractivity contribution in [2.45, 2.75) is 17.4 Å². The van der Waals surface area contributed by atoms with Gasteiger partial charge in [-0.3, -0.25) is 0 Å². The monoisotopic (exact) mass is 195 g/mol. The second kappa shape index (κ2) is 3.60. The van der Waals surface area contributed by atoms with Crippen molar-refractivity contribution < 1.29 is 4.74 Å². The Morgan fingerprint density at radius 1 is 1.54 bits per heavy atom. The summed E-state index contributed by atoms with van der Waals surface area (Å²) in [5, 5.41) is 0. The third-order valence-electron chi connectivity index (χ3n) is 2.20. The fourth-order valence-electron chi connectivity index (χ4n) is 1.52. The Bertz CT molecular complexity index is 314. The lowest BCUT2D eigenvalue weighted by molar-refractivity contribution is 0.413. The van der Waals surface area contributed by atoms with Gasteiger partial charge >= 0.3 is 0 Å². The molecule has 70 valence electrons. The number of thioether (sulfide) groups is 1. The summed E-state index contributed by atoms with van der Waals surface area (Å²) < 4.78 is 5.17. The van der Waals surface area contributed by atoms with Gasteiger partial charge in [0.1, 0.15) is 5.75 Å². The van der Waals surface area contributed by atoms with Gasteiger partial charge in [-0.15, -0.1) is 11.8 Å². The summed E-state index contributed by atoms with van der Waals surface area (Å²) >= 11 is 1.84. The first-order valence-electron chi connectivity index (χ1n) is 4.35. The van der Waals surface area contributed by atoms with Crippen LogP contribution in [-0.4, -0.2) is 18.9 Å². The normalized spacial score (nSPS) is 20.9. The summed E-state index contributed by atoms with van der Waals surface area (Å²) in [6, 6.07) is 6.50. The van der Waals surface area contributed by atoms with Gasteiger partial charge in [0.2, 0.25) is 0 Å². The highest BCUT2D eigenvalue weighted by Crippen LogP contribution is 2.31. The predicted octanol–water partition coefficient (Wildman–Crippen LogP) is 1.67. The van der Waals surface area contributed by atoms with Crippen LogP contribution in [0.1, 0.15) is 5.56 Å². The van der Waals surface area contributed by atoms with E-state index in [0.717, 1.165) is 17.9 Å². The first-order chi connectivity index (χ1) is 6.29. The van der Waals surface area contributed by atoms with Crippen LogP contribution in [0.15, 0.2) is 23.1 Å². The molecule has 2 nitrogen and oxygen atoms in total. The Hall–Kier alpha value is -0.670. The Morgan fingerprint density at radius 3 is 3.15 bits per heavy atom. The Morgan fingerprint density at radius 2 is 2.38 bits per heavy atom. The van der Waals surface area contributed by atoms with E-state index in [0.29, 0.717) is 6.04 Å². The van der Waals surface area contributed by atoms with Gasteiger partial charge in [0.25, 0.3) is 0 Å². The van der Waals surface area contributed by atoms with Gasteiger partial charge in [0, 0.05) is 16.7 Å². The average molecular weight is 195 g/mol. The molecular formula is C10H13NOS. The lowest BCUT2D eigenvalue weighted by Crippen LogP contribution is -2.28. The molecule has 0 bridgehead atoms. The fourth-order valence-corrected chi connectivity index (χ4v) is 2.52. The second-order valence-corrected chi connectivity index (χ2v) is 4.31. The van der Waals surface area contributed by atoms with Crippen molar-refractivity contribution in [3.63, 3.8) is 0 Å². The van der Waals surface area contributed by atoms with Gasteiger partial charge < -0.3 is 10.5 Å². The molecule has 1 heterocycles. The SMILES string of the molecule is COc1ccc2c(c1)C[C@@H](N)CS2. The molecule has 1 aromatic rings. The van der Waals surface area contributed by atoms with Gasteiger partial charge in [0.15, 0.2) is 0 Å². The topological polar surface area (TPSA) is 35.2 Å². The molecular weight excluding hydrogens is 182 g/mol.